The van der Waals surface area contributed by atoms with Crippen LogP contribution in [0.4, 0.5) is 4.79 Å². The first-order valence-electron chi connectivity index (χ1n) is 11.7. The van der Waals surface area contributed by atoms with Crippen LogP contribution >= 0.6 is 0 Å². The van der Waals surface area contributed by atoms with Crippen LogP contribution in [0.15, 0.2) is 18.2 Å². The largest absolute Gasteiger partial charge is 0.493 e. The lowest BCUT2D eigenvalue weighted by Crippen LogP contribution is -2.43. The summed E-state index contributed by atoms with van der Waals surface area (Å²) < 4.78 is 22.9. The van der Waals surface area contributed by atoms with Crippen molar-refractivity contribution in [3.63, 3.8) is 0 Å². The number of ether oxygens (including phenoxy) is 4. The third kappa shape index (κ3) is 5.83. The molecule has 0 unspecified atom stereocenters. The van der Waals surface area contributed by atoms with Gasteiger partial charge in [-0.2, -0.15) is 0 Å². The van der Waals surface area contributed by atoms with Gasteiger partial charge in [0.1, 0.15) is 6.10 Å². The molecule has 0 spiro atoms. The zero-order valence-electron chi connectivity index (χ0n) is 18.9. The smallest absolute Gasteiger partial charge is 0.409 e. The minimum Gasteiger partial charge on any atom is -0.493 e. The second-order valence-corrected chi connectivity index (χ2v) is 9.09. The summed E-state index contributed by atoms with van der Waals surface area (Å²) in [5, 5.41) is 0. The van der Waals surface area contributed by atoms with Crippen LogP contribution in [0, 0.1) is 5.92 Å². The van der Waals surface area contributed by atoms with Crippen molar-refractivity contribution in [2.45, 2.75) is 57.3 Å². The Labute approximate surface area is 185 Å². The molecular weight excluding hydrogens is 396 g/mol. The molecule has 31 heavy (non-hydrogen) atoms. The van der Waals surface area contributed by atoms with E-state index in [4.69, 9.17) is 18.9 Å². The van der Waals surface area contributed by atoms with Crippen molar-refractivity contribution in [2.24, 2.45) is 5.92 Å². The number of carbonyl (C=O) groups is 1. The minimum atomic E-state index is -0.229. The van der Waals surface area contributed by atoms with E-state index in [1.54, 1.807) is 12.0 Å². The second kappa shape index (κ2) is 10.6. The fraction of sp³-hybridized carbons (Fsp3) is 0.708. The third-order valence-electron chi connectivity index (χ3n) is 6.62. The van der Waals surface area contributed by atoms with Gasteiger partial charge in [-0.3, -0.25) is 4.90 Å². The lowest BCUT2D eigenvalue weighted by molar-refractivity contribution is -0.0137. The third-order valence-corrected chi connectivity index (χ3v) is 6.62. The molecule has 1 aromatic rings. The number of likely N-dealkylation sites (tertiary alicyclic amines) is 1. The minimum absolute atomic E-state index is 0.0125. The molecule has 2 saturated heterocycles. The molecule has 1 aliphatic carbocycles. The van der Waals surface area contributed by atoms with E-state index >= 15 is 0 Å². The van der Waals surface area contributed by atoms with Crippen molar-refractivity contribution >= 4 is 6.09 Å². The summed E-state index contributed by atoms with van der Waals surface area (Å²) in [4.78, 5) is 16.5. The molecule has 0 bridgehead atoms. The monoisotopic (exact) mass is 432 g/mol. The van der Waals surface area contributed by atoms with E-state index in [1.807, 2.05) is 13.1 Å². The number of para-hydroxylation sites is 1. The summed E-state index contributed by atoms with van der Waals surface area (Å²) in [5.74, 6) is 2.13. The maximum atomic E-state index is 12.3. The van der Waals surface area contributed by atoms with E-state index in [9.17, 15) is 4.79 Å². The Balaban J connectivity index is 1.23. The maximum Gasteiger partial charge on any atom is 0.409 e. The van der Waals surface area contributed by atoms with Crippen molar-refractivity contribution in [1.82, 2.24) is 9.80 Å². The van der Waals surface area contributed by atoms with Gasteiger partial charge >= 0.3 is 6.09 Å². The van der Waals surface area contributed by atoms with Gasteiger partial charge in [0, 0.05) is 38.5 Å². The van der Waals surface area contributed by atoms with E-state index in [1.165, 1.54) is 18.4 Å². The van der Waals surface area contributed by atoms with Crippen LogP contribution in [0.1, 0.15) is 44.1 Å². The normalized spacial score (nSPS) is 24.5. The Morgan fingerprint density at radius 1 is 1.16 bits per heavy atom. The number of methoxy groups -OCH3 is 1. The standard InChI is InChI=1S/C24H36N2O5/c1-25(24(27)31-20-8-12-29-13-9-20)16-18-14-21(15-18)30-22-7-5-6-19(23(22)28-2)17-26-10-3-4-11-26/h5-7,18,20-21H,3-4,8-17H2,1-2H3. The molecule has 1 amide bonds. The number of amides is 1. The van der Waals surface area contributed by atoms with Gasteiger partial charge in [-0.15, -0.1) is 0 Å². The summed E-state index contributed by atoms with van der Waals surface area (Å²) in [6.45, 7) is 5.27. The molecular formula is C24H36N2O5. The first-order chi connectivity index (χ1) is 15.1. The SMILES string of the molecule is COc1c(CN2CCCC2)cccc1OC1CC(CN(C)C(=O)OC2CCOCC2)C1. The van der Waals surface area contributed by atoms with E-state index in [0.29, 0.717) is 25.7 Å². The number of carbonyl (C=O) groups excluding carboxylic acids is 1. The van der Waals surface area contributed by atoms with Crippen LogP contribution in [0.25, 0.3) is 0 Å². The van der Waals surface area contributed by atoms with Crippen molar-refractivity contribution in [3.05, 3.63) is 23.8 Å². The van der Waals surface area contributed by atoms with Crippen molar-refractivity contribution in [1.29, 1.82) is 0 Å². The Kier molecular flexibility index (Phi) is 7.56. The first-order valence-corrected chi connectivity index (χ1v) is 11.7. The lowest BCUT2D eigenvalue weighted by atomic mass is 9.82. The van der Waals surface area contributed by atoms with Gasteiger partial charge in [-0.1, -0.05) is 12.1 Å². The van der Waals surface area contributed by atoms with Crippen molar-refractivity contribution in [2.75, 3.05) is 47.0 Å². The predicted molar refractivity (Wildman–Crippen MR) is 118 cm³/mol. The first kappa shape index (κ1) is 22.2. The molecule has 3 aliphatic rings. The number of nitrogens with zero attached hydrogens (tertiary/aromatic N) is 2. The fourth-order valence-corrected chi connectivity index (χ4v) is 4.78. The Bertz CT molecular complexity index is 725. The summed E-state index contributed by atoms with van der Waals surface area (Å²) >= 11 is 0. The summed E-state index contributed by atoms with van der Waals surface area (Å²) in [5.41, 5.74) is 1.19. The molecule has 0 atom stereocenters. The van der Waals surface area contributed by atoms with Crippen LogP contribution < -0.4 is 9.47 Å². The number of hydrogen-bond donors (Lipinski definition) is 0. The highest BCUT2D eigenvalue weighted by atomic mass is 16.6. The fourth-order valence-electron chi connectivity index (χ4n) is 4.78. The van der Waals surface area contributed by atoms with Crippen LogP contribution in [0.5, 0.6) is 11.5 Å². The number of hydrogen-bond acceptors (Lipinski definition) is 6. The van der Waals surface area contributed by atoms with Crippen LogP contribution in [0.2, 0.25) is 0 Å². The molecule has 0 radical (unpaired) electrons. The molecule has 1 aromatic carbocycles. The van der Waals surface area contributed by atoms with Crippen molar-refractivity contribution < 1.29 is 23.7 Å². The van der Waals surface area contributed by atoms with Crippen LogP contribution in [-0.2, 0) is 16.0 Å². The summed E-state index contributed by atoms with van der Waals surface area (Å²) in [6, 6.07) is 6.18. The van der Waals surface area contributed by atoms with Gasteiger partial charge in [0.2, 0.25) is 0 Å². The topological polar surface area (TPSA) is 60.5 Å². The molecule has 2 aliphatic heterocycles. The van der Waals surface area contributed by atoms with Gasteiger partial charge in [0.15, 0.2) is 11.5 Å². The number of benzene rings is 1. The molecule has 7 nitrogen and oxygen atoms in total. The molecule has 1 saturated carbocycles. The zero-order chi connectivity index (χ0) is 21.6. The molecule has 3 fully saturated rings. The van der Waals surface area contributed by atoms with Gasteiger partial charge in [-0.05, 0) is 50.8 Å². The highest BCUT2D eigenvalue weighted by Crippen LogP contribution is 2.38. The van der Waals surface area contributed by atoms with Gasteiger partial charge in [-0.25, -0.2) is 4.79 Å². The highest BCUT2D eigenvalue weighted by molar-refractivity contribution is 5.67. The van der Waals surface area contributed by atoms with E-state index < -0.39 is 0 Å². The average molecular weight is 433 g/mol. The molecule has 0 N–H and O–H groups in total. The molecule has 7 heteroatoms. The molecule has 172 valence electrons. The van der Waals surface area contributed by atoms with E-state index in [0.717, 1.165) is 56.8 Å². The predicted octanol–water partition coefficient (Wildman–Crippen LogP) is 3.70. The van der Waals surface area contributed by atoms with Gasteiger partial charge in [0.25, 0.3) is 0 Å². The highest BCUT2D eigenvalue weighted by Gasteiger charge is 2.34. The van der Waals surface area contributed by atoms with Crippen LogP contribution in [0.3, 0.4) is 0 Å². The second-order valence-electron chi connectivity index (χ2n) is 9.09. The summed E-state index contributed by atoms with van der Waals surface area (Å²) in [6.07, 6.45) is 5.94. The Hall–Kier alpha value is -1.99. The van der Waals surface area contributed by atoms with E-state index in [2.05, 4.69) is 17.0 Å². The zero-order valence-corrected chi connectivity index (χ0v) is 18.9. The average Bonchev–Trinajstić information content (AvgIpc) is 3.26. The molecule has 4 rings (SSSR count). The van der Waals surface area contributed by atoms with Gasteiger partial charge in [0.05, 0.1) is 26.4 Å². The maximum absolute atomic E-state index is 12.3. The molecule has 0 aromatic heterocycles. The van der Waals surface area contributed by atoms with Crippen molar-refractivity contribution in [3.8, 4) is 11.5 Å². The number of rotatable bonds is 8. The van der Waals surface area contributed by atoms with Crippen LogP contribution in [-0.4, -0.2) is 75.1 Å². The molecule has 2 heterocycles. The lowest BCUT2D eigenvalue weighted by Gasteiger charge is -2.38. The Morgan fingerprint density at radius 2 is 1.90 bits per heavy atom. The van der Waals surface area contributed by atoms with Gasteiger partial charge < -0.3 is 23.8 Å². The van der Waals surface area contributed by atoms with E-state index in [-0.39, 0.29) is 18.3 Å². The quantitative estimate of drug-likeness (QED) is 0.624. The Morgan fingerprint density at radius 3 is 2.61 bits per heavy atom. The summed E-state index contributed by atoms with van der Waals surface area (Å²) in [7, 11) is 3.54.